The summed E-state index contributed by atoms with van der Waals surface area (Å²) < 4.78 is 12.6. The third-order valence-corrected chi connectivity index (χ3v) is 10.3. The van der Waals surface area contributed by atoms with Crippen molar-refractivity contribution < 1.29 is 9.47 Å². The van der Waals surface area contributed by atoms with Crippen LogP contribution < -0.4 is 25.4 Å². The zero-order valence-corrected chi connectivity index (χ0v) is 16.4. The average molecular weight is 407 g/mol. The van der Waals surface area contributed by atoms with E-state index in [4.69, 9.17) is 32.9 Å². The number of fused-ring (bicyclic) bond motifs is 6. The molecule has 0 saturated carbocycles. The van der Waals surface area contributed by atoms with E-state index >= 15 is 0 Å². The van der Waals surface area contributed by atoms with Crippen molar-refractivity contribution in [3.05, 3.63) is 77.8 Å². The predicted molar refractivity (Wildman–Crippen MR) is 115 cm³/mol. The van der Waals surface area contributed by atoms with Gasteiger partial charge in [0, 0.05) is 27.1 Å². The Kier molecular flexibility index (Phi) is 3.12. The van der Waals surface area contributed by atoms with E-state index in [1.54, 1.807) is 0 Å². The Morgan fingerprint density at radius 3 is 2.41 bits per heavy atom. The second-order valence-electron chi connectivity index (χ2n) is 6.66. The highest BCUT2D eigenvalue weighted by Crippen LogP contribution is 2.59. The van der Waals surface area contributed by atoms with E-state index in [0.717, 1.165) is 49.7 Å². The number of benzene rings is 4. The maximum Gasteiger partial charge on any atom is 0.144 e. The molecule has 2 nitrogen and oxygen atoms in total. The van der Waals surface area contributed by atoms with Gasteiger partial charge < -0.3 is 9.47 Å². The number of hydrogen-bond acceptors (Lipinski definition) is 3. The van der Waals surface area contributed by atoms with E-state index < -0.39 is 6.04 Å². The molecule has 2 heterocycles. The molecule has 0 fully saturated rings. The van der Waals surface area contributed by atoms with Crippen LogP contribution >= 0.6 is 17.6 Å². The van der Waals surface area contributed by atoms with Gasteiger partial charge in [-0.25, -0.2) is 0 Å². The Labute approximate surface area is 166 Å². The van der Waals surface area contributed by atoms with Gasteiger partial charge in [0.05, 0.1) is 11.3 Å². The summed E-state index contributed by atoms with van der Waals surface area (Å²) in [5.41, 5.74) is 0. The summed E-state index contributed by atoms with van der Waals surface area (Å²) in [5, 5.41) is 5.96. The summed E-state index contributed by atoms with van der Waals surface area (Å²) >= 11 is 12.7. The summed E-state index contributed by atoms with van der Waals surface area (Å²) in [4.78, 5) is 0. The molecule has 0 aromatic heterocycles. The van der Waals surface area contributed by atoms with Gasteiger partial charge in [-0.1, -0.05) is 59.8 Å². The molecule has 0 N–H and O–H groups in total. The minimum atomic E-state index is -2.31. The van der Waals surface area contributed by atoms with Gasteiger partial charge in [0.1, 0.15) is 23.0 Å². The van der Waals surface area contributed by atoms with Crippen molar-refractivity contribution in [2.45, 2.75) is 0 Å². The topological polar surface area (TPSA) is 18.5 Å². The SMILES string of the molecule is S=P12c3ccc(Cl)cc3Oc3cccc(c31)Oc1c2ccc2ccccc12. The molecule has 0 aliphatic carbocycles. The van der Waals surface area contributed by atoms with Crippen LogP contribution in [0.5, 0.6) is 23.0 Å². The number of halogens is 1. The maximum absolute atomic E-state index is 6.47. The summed E-state index contributed by atoms with van der Waals surface area (Å²) in [5.74, 6) is 3.17. The molecule has 5 heteroatoms. The lowest BCUT2D eigenvalue weighted by Gasteiger charge is -2.37. The van der Waals surface area contributed by atoms with Crippen molar-refractivity contribution in [3.63, 3.8) is 0 Å². The molecule has 0 saturated heterocycles. The van der Waals surface area contributed by atoms with Gasteiger partial charge in [-0.3, -0.25) is 0 Å². The van der Waals surface area contributed by atoms with Crippen molar-refractivity contribution in [1.29, 1.82) is 0 Å². The van der Waals surface area contributed by atoms with Gasteiger partial charge in [0.25, 0.3) is 0 Å². The number of rotatable bonds is 0. The number of ether oxygens (including phenoxy) is 2. The smallest absolute Gasteiger partial charge is 0.144 e. The van der Waals surface area contributed by atoms with Crippen LogP contribution in [0.2, 0.25) is 5.02 Å². The molecule has 4 aromatic carbocycles. The molecule has 2 aliphatic rings. The first-order valence-corrected chi connectivity index (χ1v) is 11.8. The van der Waals surface area contributed by atoms with Crippen LogP contribution in [0, 0.1) is 0 Å². The Balaban J connectivity index is 1.79. The lowest BCUT2D eigenvalue weighted by atomic mass is 10.1. The molecular weight excluding hydrogens is 395 g/mol. The third-order valence-electron chi connectivity index (χ3n) is 5.17. The normalized spacial score (nSPS) is 18.7. The molecule has 6 rings (SSSR count). The molecule has 0 spiro atoms. The minimum Gasteiger partial charge on any atom is -0.456 e. The Hall–Kier alpha value is -2.32. The Morgan fingerprint density at radius 2 is 1.52 bits per heavy atom. The van der Waals surface area contributed by atoms with Crippen LogP contribution in [-0.2, 0) is 11.8 Å². The van der Waals surface area contributed by atoms with Gasteiger partial charge in [-0.05, 0) is 35.7 Å². The summed E-state index contributed by atoms with van der Waals surface area (Å²) in [7, 11) is 0. The van der Waals surface area contributed by atoms with Gasteiger partial charge in [-0.15, -0.1) is 0 Å². The van der Waals surface area contributed by atoms with Gasteiger partial charge in [0.2, 0.25) is 0 Å². The first-order chi connectivity index (χ1) is 13.2. The van der Waals surface area contributed by atoms with E-state index in [2.05, 4.69) is 24.3 Å². The predicted octanol–water partition coefficient (Wildman–Crippen LogP) is 5.46. The molecule has 1 atom stereocenters. The van der Waals surface area contributed by atoms with Gasteiger partial charge in [-0.2, -0.15) is 0 Å². The fraction of sp³-hybridized carbons (Fsp3) is 0. The fourth-order valence-corrected chi connectivity index (χ4v) is 8.62. The van der Waals surface area contributed by atoms with Crippen molar-refractivity contribution in [2.24, 2.45) is 0 Å². The van der Waals surface area contributed by atoms with Gasteiger partial charge in [0.15, 0.2) is 0 Å². The average Bonchev–Trinajstić information content (AvgIpc) is 2.68. The van der Waals surface area contributed by atoms with E-state index in [9.17, 15) is 0 Å². The van der Waals surface area contributed by atoms with Crippen LogP contribution in [0.25, 0.3) is 10.8 Å². The van der Waals surface area contributed by atoms with Crippen LogP contribution in [0.1, 0.15) is 0 Å². The zero-order chi connectivity index (χ0) is 18.2. The highest BCUT2D eigenvalue weighted by molar-refractivity contribution is 8.26. The molecule has 4 aromatic rings. The maximum atomic E-state index is 6.47. The molecule has 0 amide bonds. The highest BCUT2D eigenvalue weighted by atomic mass is 35.5. The van der Waals surface area contributed by atoms with Crippen LogP contribution in [0.15, 0.2) is 72.8 Å². The zero-order valence-electron chi connectivity index (χ0n) is 14.0. The summed E-state index contributed by atoms with van der Waals surface area (Å²) in [6.45, 7) is 0. The largest absolute Gasteiger partial charge is 0.456 e. The van der Waals surface area contributed by atoms with Crippen molar-refractivity contribution in [2.75, 3.05) is 0 Å². The first kappa shape index (κ1) is 15.7. The molecule has 2 aliphatic heterocycles. The molecule has 0 radical (unpaired) electrons. The summed E-state index contributed by atoms with van der Waals surface area (Å²) in [6, 6.07) is 21.8. The van der Waals surface area contributed by atoms with Crippen LogP contribution in [-0.4, -0.2) is 0 Å². The van der Waals surface area contributed by atoms with Crippen molar-refractivity contribution in [3.8, 4) is 23.0 Å². The quantitative estimate of drug-likeness (QED) is 0.312. The van der Waals surface area contributed by atoms with E-state index in [0.29, 0.717) is 5.02 Å². The van der Waals surface area contributed by atoms with Crippen LogP contribution in [0.4, 0.5) is 0 Å². The van der Waals surface area contributed by atoms with Crippen molar-refractivity contribution in [1.82, 2.24) is 0 Å². The Bertz CT molecular complexity index is 1330. The lowest BCUT2D eigenvalue weighted by Crippen LogP contribution is -2.34. The second kappa shape index (κ2) is 5.36. The minimum absolute atomic E-state index is 0.641. The van der Waals surface area contributed by atoms with E-state index in [1.807, 2.05) is 48.5 Å². The van der Waals surface area contributed by atoms with Gasteiger partial charge >= 0.3 is 0 Å². The first-order valence-electron chi connectivity index (χ1n) is 8.58. The molecule has 27 heavy (non-hydrogen) atoms. The second-order valence-corrected chi connectivity index (χ2v) is 11.4. The van der Waals surface area contributed by atoms with E-state index in [-0.39, 0.29) is 0 Å². The molecule has 0 bridgehead atoms. The number of hydrogen-bond donors (Lipinski definition) is 0. The highest BCUT2D eigenvalue weighted by Gasteiger charge is 2.42. The standard InChI is InChI=1S/C22H12ClO2PS/c23-14-9-11-19-18(12-14)24-16-6-3-7-17-22(16)26(19,27)20-10-8-13-4-1-2-5-15(13)21(20)25-17/h1-12H. The summed E-state index contributed by atoms with van der Waals surface area (Å²) in [6.07, 6.45) is 0. The van der Waals surface area contributed by atoms with Crippen molar-refractivity contribution >= 4 is 56.1 Å². The van der Waals surface area contributed by atoms with E-state index in [1.165, 1.54) is 0 Å². The Morgan fingerprint density at radius 1 is 0.741 bits per heavy atom. The molecule has 130 valence electrons. The lowest BCUT2D eigenvalue weighted by molar-refractivity contribution is 0.469. The molecular formula is C22H12ClO2PS. The third kappa shape index (κ3) is 2.00. The molecule has 1 unspecified atom stereocenters. The monoisotopic (exact) mass is 406 g/mol. The fourth-order valence-electron chi connectivity index (χ4n) is 3.99. The van der Waals surface area contributed by atoms with Crippen LogP contribution in [0.3, 0.4) is 0 Å².